The number of rotatable bonds is 5. The molecule has 2 aromatic rings. The van der Waals surface area contributed by atoms with Crippen LogP contribution in [0.5, 0.6) is 0 Å². The van der Waals surface area contributed by atoms with Gasteiger partial charge in [-0.15, -0.1) is 0 Å². The summed E-state index contributed by atoms with van der Waals surface area (Å²) >= 11 is 0. The van der Waals surface area contributed by atoms with Crippen molar-refractivity contribution < 1.29 is 13.9 Å². The number of aromatic nitrogens is 1. The normalized spacial score (nSPS) is 17.8. The Kier molecular flexibility index (Phi) is 5.15. The summed E-state index contributed by atoms with van der Waals surface area (Å²) in [6, 6.07) is 8.11. The lowest BCUT2D eigenvalue weighted by molar-refractivity contribution is 0.0599. The maximum absolute atomic E-state index is 11.6. The second kappa shape index (κ2) is 7.49. The van der Waals surface area contributed by atoms with Gasteiger partial charge in [0.2, 0.25) is 0 Å². The number of ether oxygens (including phenoxy) is 1. The highest BCUT2D eigenvalue weighted by atomic mass is 16.5. The molecule has 1 aliphatic rings. The van der Waals surface area contributed by atoms with E-state index in [9.17, 15) is 4.79 Å². The third kappa shape index (κ3) is 3.76. The lowest BCUT2D eigenvalue weighted by Gasteiger charge is -2.34. The van der Waals surface area contributed by atoms with Gasteiger partial charge in [0.25, 0.3) is 0 Å². The van der Waals surface area contributed by atoms with Crippen molar-refractivity contribution in [2.24, 2.45) is 0 Å². The van der Waals surface area contributed by atoms with Gasteiger partial charge in [-0.05, 0) is 38.0 Å². The zero-order chi connectivity index (χ0) is 16.9. The summed E-state index contributed by atoms with van der Waals surface area (Å²) in [5, 5.41) is 3.52. The summed E-state index contributed by atoms with van der Waals surface area (Å²) in [6.45, 7) is 4.32. The van der Waals surface area contributed by atoms with Crippen molar-refractivity contribution in [1.29, 1.82) is 0 Å². The maximum atomic E-state index is 11.6. The number of piperidine rings is 1. The van der Waals surface area contributed by atoms with Crippen LogP contribution in [0.1, 0.15) is 34.7 Å². The van der Waals surface area contributed by atoms with Crippen LogP contribution in [-0.2, 0) is 11.3 Å². The number of hydrogen-bond donors (Lipinski definition) is 1. The topological polar surface area (TPSA) is 67.6 Å². The molecule has 3 heterocycles. The predicted octanol–water partition coefficient (Wildman–Crippen LogP) is 2.53. The van der Waals surface area contributed by atoms with Crippen molar-refractivity contribution in [2.75, 3.05) is 25.1 Å². The Morgan fingerprint density at radius 2 is 2.38 bits per heavy atom. The molecule has 6 nitrogen and oxygen atoms in total. The molecule has 128 valence electrons. The van der Waals surface area contributed by atoms with Gasteiger partial charge in [-0.25, -0.2) is 9.78 Å². The average molecular weight is 329 g/mol. The van der Waals surface area contributed by atoms with Crippen LogP contribution >= 0.6 is 0 Å². The molecule has 24 heavy (non-hydrogen) atoms. The molecule has 0 spiro atoms. The van der Waals surface area contributed by atoms with Gasteiger partial charge in [-0.1, -0.05) is 6.07 Å². The molecule has 0 radical (unpaired) electrons. The minimum absolute atomic E-state index is 0.360. The number of carbonyl (C=O) groups is 1. The Labute approximate surface area is 141 Å². The van der Waals surface area contributed by atoms with Gasteiger partial charge in [0, 0.05) is 25.3 Å². The summed E-state index contributed by atoms with van der Waals surface area (Å²) in [5.41, 5.74) is 0.494. The first kappa shape index (κ1) is 16.5. The average Bonchev–Trinajstić information content (AvgIpc) is 3.01. The van der Waals surface area contributed by atoms with E-state index in [1.807, 2.05) is 24.4 Å². The fraction of sp³-hybridized carbons (Fsp3) is 0.444. The van der Waals surface area contributed by atoms with Crippen molar-refractivity contribution in [3.63, 3.8) is 0 Å². The maximum Gasteiger partial charge on any atom is 0.341 e. The van der Waals surface area contributed by atoms with E-state index in [1.165, 1.54) is 7.11 Å². The van der Waals surface area contributed by atoms with Gasteiger partial charge in [-0.2, -0.15) is 0 Å². The molecule has 3 rings (SSSR count). The van der Waals surface area contributed by atoms with E-state index in [2.05, 4.69) is 15.2 Å². The van der Waals surface area contributed by atoms with Gasteiger partial charge in [0.15, 0.2) is 0 Å². The first-order valence-corrected chi connectivity index (χ1v) is 8.24. The fourth-order valence-corrected chi connectivity index (χ4v) is 3.08. The first-order chi connectivity index (χ1) is 11.7. The van der Waals surface area contributed by atoms with Crippen LogP contribution in [0.3, 0.4) is 0 Å². The molecule has 1 saturated heterocycles. The third-order valence-electron chi connectivity index (χ3n) is 4.33. The highest BCUT2D eigenvalue weighted by molar-refractivity contribution is 5.90. The zero-order valence-electron chi connectivity index (χ0n) is 14.1. The molecule has 0 bridgehead atoms. The molecule has 1 unspecified atom stereocenters. The number of furan rings is 1. The highest BCUT2D eigenvalue weighted by Crippen LogP contribution is 2.19. The molecular formula is C18H23N3O3. The van der Waals surface area contributed by atoms with Gasteiger partial charge in [-0.3, -0.25) is 0 Å². The Bertz CT molecular complexity index is 684. The Morgan fingerprint density at radius 1 is 1.50 bits per heavy atom. The molecule has 0 saturated carbocycles. The lowest BCUT2D eigenvalue weighted by Crippen LogP contribution is -2.45. The number of carbonyl (C=O) groups excluding carboxylic acids is 1. The number of anilines is 1. The molecular weight excluding hydrogens is 306 g/mol. The molecule has 6 heteroatoms. The summed E-state index contributed by atoms with van der Waals surface area (Å²) in [7, 11) is 1.38. The number of nitrogens with one attached hydrogen (secondary N) is 1. The van der Waals surface area contributed by atoms with Crippen LogP contribution in [0.4, 0.5) is 5.82 Å². The fourth-order valence-electron chi connectivity index (χ4n) is 3.08. The van der Waals surface area contributed by atoms with E-state index < -0.39 is 0 Å². The molecule has 1 aliphatic heterocycles. The number of esters is 1. The van der Waals surface area contributed by atoms with Gasteiger partial charge in [0.05, 0.1) is 13.7 Å². The molecule has 0 aromatic carbocycles. The van der Waals surface area contributed by atoms with Gasteiger partial charge in [0.1, 0.15) is 22.9 Å². The molecule has 0 amide bonds. The monoisotopic (exact) mass is 329 g/mol. The van der Waals surface area contributed by atoms with Crippen LogP contribution in [0.25, 0.3) is 0 Å². The van der Waals surface area contributed by atoms with Crippen molar-refractivity contribution in [3.8, 4) is 0 Å². The summed E-state index contributed by atoms with van der Waals surface area (Å²) in [6.07, 6.45) is 4.07. The van der Waals surface area contributed by atoms with Crippen molar-refractivity contribution in [1.82, 2.24) is 10.3 Å². The quantitative estimate of drug-likeness (QED) is 0.850. The van der Waals surface area contributed by atoms with E-state index >= 15 is 0 Å². The second-order valence-corrected chi connectivity index (χ2v) is 6.03. The summed E-state index contributed by atoms with van der Waals surface area (Å²) in [4.78, 5) is 18.4. The second-order valence-electron chi connectivity index (χ2n) is 6.03. The minimum Gasteiger partial charge on any atom is -0.465 e. The van der Waals surface area contributed by atoms with E-state index in [1.54, 1.807) is 13.0 Å². The van der Waals surface area contributed by atoms with Crippen LogP contribution in [0.15, 0.2) is 34.9 Å². The Hall–Kier alpha value is -2.34. The lowest BCUT2D eigenvalue weighted by atomic mass is 10.1. The molecule has 1 fully saturated rings. The Balaban J connectivity index is 1.58. The van der Waals surface area contributed by atoms with Crippen LogP contribution in [0.2, 0.25) is 0 Å². The highest BCUT2D eigenvalue weighted by Gasteiger charge is 2.21. The van der Waals surface area contributed by atoms with Crippen molar-refractivity contribution in [3.05, 3.63) is 47.5 Å². The van der Waals surface area contributed by atoms with Gasteiger partial charge >= 0.3 is 5.97 Å². The van der Waals surface area contributed by atoms with Crippen LogP contribution < -0.4 is 10.2 Å². The number of pyridine rings is 1. The van der Waals surface area contributed by atoms with E-state index in [0.717, 1.165) is 37.5 Å². The van der Waals surface area contributed by atoms with Crippen molar-refractivity contribution >= 4 is 11.8 Å². The smallest absolute Gasteiger partial charge is 0.341 e. The summed E-state index contributed by atoms with van der Waals surface area (Å²) < 4.78 is 10.4. The van der Waals surface area contributed by atoms with Crippen molar-refractivity contribution in [2.45, 2.75) is 32.4 Å². The molecule has 0 aliphatic carbocycles. The van der Waals surface area contributed by atoms with E-state index in [0.29, 0.717) is 23.9 Å². The van der Waals surface area contributed by atoms with E-state index in [-0.39, 0.29) is 5.97 Å². The van der Waals surface area contributed by atoms with Gasteiger partial charge < -0.3 is 19.4 Å². The Morgan fingerprint density at radius 3 is 3.12 bits per heavy atom. The third-order valence-corrected chi connectivity index (χ3v) is 4.33. The van der Waals surface area contributed by atoms with E-state index in [4.69, 9.17) is 9.15 Å². The predicted molar refractivity (Wildman–Crippen MR) is 91.1 cm³/mol. The number of methoxy groups -OCH3 is 1. The largest absolute Gasteiger partial charge is 0.465 e. The number of nitrogens with zero attached hydrogens (tertiary/aromatic N) is 2. The molecule has 2 aromatic heterocycles. The summed E-state index contributed by atoms with van der Waals surface area (Å²) in [5.74, 6) is 2.01. The van der Waals surface area contributed by atoms with Crippen LogP contribution in [0, 0.1) is 6.92 Å². The van der Waals surface area contributed by atoms with Crippen LogP contribution in [-0.4, -0.2) is 37.2 Å². The number of hydrogen-bond acceptors (Lipinski definition) is 6. The zero-order valence-corrected chi connectivity index (χ0v) is 14.1. The molecule has 1 atom stereocenters. The number of aryl methyl sites for hydroxylation is 1. The molecule has 1 N–H and O–H groups in total. The first-order valence-electron chi connectivity index (χ1n) is 8.24. The minimum atomic E-state index is -0.360. The SMILES string of the molecule is COC(=O)c1cc(CNC2CCCN(c3ccccn3)C2)oc1C. The standard InChI is InChI=1S/C18H23N3O3/c1-13-16(18(22)23-2)10-15(24-13)11-20-14-6-5-9-21(12-14)17-7-3-4-8-19-17/h3-4,7-8,10,14,20H,5-6,9,11-12H2,1-2H3.